The van der Waals surface area contributed by atoms with Crippen molar-refractivity contribution < 1.29 is 13.2 Å². The number of benzene rings is 1. The minimum atomic E-state index is -3.77. The molecule has 1 atom stereocenters. The summed E-state index contributed by atoms with van der Waals surface area (Å²) >= 11 is 8.64. The molecule has 1 aliphatic rings. The summed E-state index contributed by atoms with van der Waals surface area (Å²) in [5.41, 5.74) is 0. The van der Waals surface area contributed by atoms with Gasteiger partial charge >= 0.3 is 0 Å². The Bertz CT molecular complexity index is 886. The lowest BCUT2D eigenvalue weighted by atomic mass is 10.2. The molecule has 2 aromatic rings. The van der Waals surface area contributed by atoms with E-state index in [0.717, 1.165) is 10.1 Å². The minimum Gasteiger partial charge on any atom is -0.299 e. The van der Waals surface area contributed by atoms with Crippen molar-refractivity contribution in [2.75, 3.05) is 17.6 Å². The second kappa shape index (κ2) is 8.22. The zero-order valence-corrected chi connectivity index (χ0v) is 17.1. The van der Waals surface area contributed by atoms with Gasteiger partial charge in [0.1, 0.15) is 6.04 Å². The smallest absolute Gasteiger partial charge is 0.244 e. The van der Waals surface area contributed by atoms with Crippen LogP contribution in [0.2, 0.25) is 5.02 Å². The first-order chi connectivity index (χ1) is 12.4. The number of carbonyl (C=O) groups is 1. The van der Waals surface area contributed by atoms with E-state index in [4.69, 9.17) is 11.6 Å². The van der Waals surface area contributed by atoms with Gasteiger partial charge in [-0.05, 0) is 42.9 Å². The number of hydrogen-bond donors (Lipinski definition) is 1. The second-order valence-electron chi connectivity index (χ2n) is 5.52. The number of anilines is 1. The highest BCUT2D eigenvalue weighted by Crippen LogP contribution is 2.29. The monoisotopic (exact) mass is 432 g/mol. The zero-order valence-electron chi connectivity index (χ0n) is 13.9. The predicted octanol–water partition coefficient (Wildman–Crippen LogP) is 3.10. The van der Waals surface area contributed by atoms with Crippen LogP contribution in [0.25, 0.3) is 0 Å². The van der Waals surface area contributed by atoms with Crippen molar-refractivity contribution in [1.29, 1.82) is 0 Å². The molecule has 7 nitrogen and oxygen atoms in total. The average Bonchev–Trinajstić information content (AvgIpc) is 3.25. The largest absolute Gasteiger partial charge is 0.299 e. The van der Waals surface area contributed by atoms with Crippen LogP contribution < -0.4 is 5.32 Å². The van der Waals surface area contributed by atoms with Crippen LogP contribution in [0.4, 0.5) is 5.13 Å². The molecule has 1 saturated heterocycles. The highest BCUT2D eigenvalue weighted by molar-refractivity contribution is 8.01. The Balaban J connectivity index is 1.76. The maximum Gasteiger partial charge on any atom is 0.244 e. The summed E-state index contributed by atoms with van der Waals surface area (Å²) in [6, 6.07) is 5.18. The molecular formula is C15H17ClN4O3S3. The third-order valence-corrected chi connectivity index (χ3v) is 7.86. The van der Waals surface area contributed by atoms with E-state index in [2.05, 4.69) is 15.5 Å². The molecule has 0 unspecified atom stereocenters. The van der Waals surface area contributed by atoms with Crippen LogP contribution in [0.5, 0.6) is 0 Å². The molecule has 0 radical (unpaired) electrons. The van der Waals surface area contributed by atoms with E-state index >= 15 is 0 Å². The minimum absolute atomic E-state index is 0.124. The number of nitrogens with zero attached hydrogens (tertiary/aromatic N) is 3. The molecule has 140 valence electrons. The summed E-state index contributed by atoms with van der Waals surface area (Å²) in [5.74, 6) is 0.474. The summed E-state index contributed by atoms with van der Waals surface area (Å²) < 4.78 is 27.8. The lowest BCUT2D eigenvalue weighted by Gasteiger charge is -2.23. The molecule has 1 N–H and O–H groups in total. The maximum absolute atomic E-state index is 12.9. The van der Waals surface area contributed by atoms with E-state index in [9.17, 15) is 13.2 Å². The van der Waals surface area contributed by atoms with Crippen molar-refractivity contribution in [3.05, 3.63) is 29.3 Å². The molecular weight excluding hydrogens is 416 g/mol. The summed E-state index contributed by atoms with van der Waals surface area (Å²) in [7, 11) is -3.77. The van der Waals surface area contributed by atoms with E-state index in [0.29, 0.717) is 29.5 Å². The number of sulfonamides is 1. The average molecular weight is 433 g/mol. The molecule has 1 aromatic heterocycles. The Morgan fingerprint density at radius 2 is 2.12 bits per heavy atom. The summed E-state index contributed by atoms with van der Waals surface area (Å²) in [6.45, 7) is 2.30. The highest BCUT2D eigenvalue weighted by atomic mass is 35.5. The van der Waals surface area contributed by atoms with E-state index in [1.165, 1.54) is 51.7 Å². The summed E-state index contributed by atoms with van der Waals surface area (Å²) in [5, 5.41) is 11.4. The highest BCUT2D eigenvalue weighted by Gasteiger charge is 2.39. The molecule has 0 aliphatic carbocycles. The fraction of sp³-hybridized carbons (Fsp3) is 0.400. The third kappa shape index (κ3) is 4.20. The van der Waals surface area contributed by atoms with Gasteiger partial charge in [0.25, 0.3) is 0 Å². The van der Waals surface area contributed by atoms with Gasteiger partial charge in [0.15, 0.2) is 4.34 Å². The Hall–Kier alpha value is -1.20. The molecule has 0 bridgehead atoms. The first kappa shape index (κ1) is 19.6. The first-order valence-electron chi connectivity index (χ1n) is 7.96. The summed E-state index contributed by atoms with van der Waals surface area (Å²) in [6.07, 6.45) is 1.09. The topological polar surface area (TPSA) is 92.3 Å². The second-order valence-corrected chi connectivity index (χ2v) is 10.3. The van der Waals surface area contributed by atoms with Crippen molar-refractivity contribution in [1.82, 2.24) is 14.5 Å². The lowest BCUT2D eigenvalue weighted by Crippen LogP contribution is -2.43. The lowest BCUT2D eigenvalue weighted by molar-refractivity contribution is -0.119. The fourth-order valence-electron chi connectivity index (χ4n) is 2.66. The Kier molecular flexibility index (Phi) is 6.18. The van der Waals surface area contributed by atoms with Gasteiger partial charge in [-0.1, -0.05) is 41.6 Å². The van der Waals surface area contributed by atoms with Crippen LogP contribution >= 0.6 is 34.7 Å². The van der Waals surface area contributed by atoms with Crippen molar-refractivity contribution in [3.8, 4) is 0 Å². The zero-order chi connectivity index (χ0) is 18.7. The third-order valence-electron chi connectivity index (χ3n) is 3.83. The number of hydrogen-bond acceptors (Lipinski definition) is 7. The van der Waals surface area contributed by atoms with Gasteiger partial charge < -0.3 is 0 Å². The van der Waals surface area contributed by atoms with Gasteiger partial charge in [-0.3, -0.25) is 10.1 Å². The SMILES string of the molecule is CCSc1nnc(NC(=O)[C@@H]2CCCN2S(=O)(=O)c2ccc(Cl)cc2)s1. The van der Waals surface area contributed by atoms with Gasteiger partial charge in [0.05, 0.1) is 4.90 Å². The molecule has 1 aliphatic heterocycles. The van der Waals surface area contributed by atoms with Crippen LogP contribution in [-0.2, 0) is 14.8 Å². The van der Waals surface area contributed by atoms with E-state index < -0.39 is 16.1 Å². The number of rotatable bonds is 6. The van der Waals surface area contributed by atoms with E-state index in [1.807, 2.05) is 6.92 Å². The van der Waals surface area contributed by atoms with Crippen LogP contribution in [-0.4, -0.2) is 47.2 Å². The molecule has 0 spiro atoms. The van der Waals surface area contributed by atoms with Crippen LogP contribution in [0.3, 0.4) is 0 Å². The van der Waals surface area contributed by atoms with Crippen LogP contribution in [0, 0.1) is 0 Å². The molecule has 3 rings (SSSR count). The molecule has 1 fully saturated rings. The van der Waals surface area contributed by atoms with Gasteiger partial charge in [-0.15, -0.1) is 10.2 Å². The number of thioether (sulfide) groups is 1. The first-order valence-corrected chi connectivity index (χ1v) is 11.6. The maximum atomic E-state index is 12.9. The van der Waals surface area contributed by atoms with Crippen LogP contribution in [0.15, 0.2) is 33.5 Å². The number of halogens is 1. The number of carbonyl (C=O) groups excluding carboxylic acids is 1. The number of amides is 1. The van der Waals surface area contributed by atoms with Gasteiger partial charge in [-0.25, -0.2) is 8.42 Å². The quantitative estimate of drug-likeness (QED) is 0.557. The Morgan fingerprint density at radius 1 is 1.38 bits per heavy atom. The van der Waals surface area contributed by atoms with Gasteiger partial charge in [0, 0.05) is 11.6 Å². The van der Waals surface area contributed by atoms with Crippen molar-refractivity contribution >= 4 is 55.8 Å². The molecule has 2 heterocycles. The van der Waals surface area contributed by atoms with Gasteiger partial charge in [0.2, 0.25) is 21.1 Å². The molecule has 0 saturated carbocycles. The summed E-state index contributed by atoms with van der Waals surface area (Å²) in [4.78, 5) is 12.7. The molecule has 26 heavy (non-hydrogen) atoms. The van der Waals surface area contributed by atoms with E-state index in [1.54, 1.807) is 0 Å². The molecule has 1 aromatic carbocycles. The van der Waals surface area contributed by atoms with Crippen molar-refractivity contribution in [2.45, 2.75) is 35.0 Å². The predicted molar refractivity (Wildman–Crippen MR) is 103 cm³/mol. The fourth-order valence-corrected chi connectivity index (χ4v) is 6.10. The standard InChI is InChI=1S/C15H17ClN4O3S3/c1-2-24-15-19-18-14(25-15)17-13(21)12-4-3-9-20(12)26(22,23)11-7-5-10(16)6-8-11/h5-8,12H,2-4,9H2,1H3,(H,17,18,21)/t12-/m0/s1. The van der Waals surface area contributed by atoms with E-state index in [-0.39, 0.29) is 10.8 Å². The number of aromatic nitrogens is 2. The Labute approximate surface area is 165 Å². The molecule has 1 amide bonds. The van der Waals surface area contributed by atoms with Gasteiger partial charge in [-0.2, -0.15) is 4.31 Å². The van der Waals surface area contributed by atoms with Crippen LogP contribution in [0.1, 0.15) is 19.8 Å². The number of nitrogens with one attached hydrogen (secondary N) is 1. The normalized spacial score (nSPS) is 18.2. The Morgan fingerprint density at radius 3 is 2.81 bits per heavy atom. The van der Waals surface area contributed by atoms with Crippen molar-refractivity contribution in [3.63, 3.8) is 0 Å². The molecule has 11 heteroatoms. The van der Waals surface area contributed by atoms with Crippen molar-refractivity contribution in [2.24, 2.45) is 0 Å².